The summed E-state index contributed by atoms with van der Waals surface area (Å²) in [5.74, 6) is 1.38. The number of benzene rings is 2. The lowest BCUT2D eigenvalue weighted by atomic mass is 10.3. The molecule has 0 radical (unpaired) electrons. The summed E-state index contributed by atoms with van der Waals surface area (Å²) in [6.07, 6.45) is 0.0228. The molecule has 1 aliphatic heterocycles. The molecule has 2 amide bonds. The summed E-state index contributed by atoms with van der Waals surface area (Å²) >= 11 is 5.85. The quantitative estimate of drug-likeness (QED) is 0.838. The van der Waals surface area contributed by atoms with E-state index in [9.17, 15) is 4.79 Å². The van der Waals surface area contributed by atoms with Gasteiger partial charge in [0.2, 0.25) is 0 Å². The van der Waals surface area contributed by atoms with Gasteiger partial charge >= 0.3 is 6.03 Å². The molecular formula is C19H22ClN3O3. The molecule has 3 rings (SSSR count). The second kappa shape index (κ2) is 8.89. The number of likely N-dealkylation sites (N-methyl/N-ethyl adjacent to an activating group) is 1. The molecule has 1 unspecified atom stereocenters. The summed E-state index contributed by atoms with van der Waals surface area (Å²) in [6, 6.07) is 14.0. The largest absolute Gasteiger partial charge is 0.457 e. The van der Waals surface area contributed by atoms with Gasteiger partial charge in [-0.3, -0.25) is 0 Å². The molecule has 0 bridgehead atoms. The van der Waals surface area contributed by atoms with E-state index in [0.29, 0.717) is 35.4 Å². The van der Waals surface area contributed by atoms with Crippen molar-refractivity contribution in [2.24, 2.45) is 0 Å². The van der Waals surface area contributed by atoms with Crippen LogP contribution in [0.1, 0.15) is 0 Å². The maximum atomic E-state index is 12.0. The fraction of sp³-hybridized carbons (Fsp3) is 0.316. The van der Waals surface area contributed by atoms with Gasteiger partial charge in [-0.2, -0.15) is 0 Å². The number of anilines is 1. The van der Waals surface area contributed by atoms with Crippen molar-refractivity contribution in [3.63, 3.8) is 0 Å². The lowest BCUT2D eigenvalue weighted by Crippen LogP contribution is -2.46. The molecule has 2 aromatic rings. The minimum atomic E-state index is -0.256. The zero-order valence-corrected chi connectivity index (χ0v) is 15.3. The molecule has 138 valence electrons. The zero-order valence-electron chi connectivity index (χ0n) is 14.6. The Balaban J connectivity index is 1.46. The van der Waals surface area contributed by atoms with Crippen LogP contribution in [0.4, 0.5) is 10.5 Å². The van der Waals surface area contributed by atoms with E-state index in [0.717, 1.165) is 13.1 Å². The van der Waals surface area contributed by atoms with E-state index in [2.05, 4.69) is 15.5 Å². The SMILES string of the molecule is CN1CCOC(CNC(=O)Nc2ccc(Oc3ccc(Cl)cc3)cc2)C1. The third kappa shape index (κ3) is 5.62. The van der Waals surface area contributed by atoms with E-state index in [1.54, 1.807) is 48.5 Å². The van der Waals surface area contributed by atoms with E-state index < -0.39 is 0 Å². The topological polar surface area (TPSA) is 62.8 Å². The lowest BCUT2D eigenvalue weighted by Gasteiger charge is -2.30. The van der Waals surface area contributed by atoms with E-state index in [4.69, 9.17) is 21.1 Å². The number of ether oxygens (including phenoxy) is 2. The number of hydrogen-bond acceptors (Lipinski definition) is 4. The Kier molecular flexibility index (Phi) is 6.33. The predicted molar refractivity (Wildman–Crippen MR) is 102 cm³/mol. The van der Waals surface area contributed by atoms with Gasteiger partial charge in [0, 0.05) is 30.3 Å². The molecular weight excluding hydrogens is 354 g/mol. The first-order valence-electron chi connectivity index (χ1n) is 8.47. The highest BCUT2D eigenvalue weighted by Crippen LogP contribution is 2.24. The maximum Gasteiger partial charge on any atom is 0.319 e. The monoisotopic (exact) mass is 375 g/mol. The summed E-state index contributed by atoms with van der Waals surface area (Å²) in [5.41, 5.74) is 0.688. The second-order valence-electron chi connectivity index (χ2n) is 6.17. The molecule has 1 fully saturated rings. The Morgan fingerprint density at radius 1 is 1.19 bits per heavy atom. The molecule has 26 heavy (non-hydrogen) atoms. The van der Waals surface area contributed by atoms with Crippen molar-refractivity contribution in [3.05, 3.63) is 53.6 Å². The Hall–Kier alpha value is -2.28. The van der Waals surface area contributed by atoms with Crippen molar-refractivity contribution in [2.75, 3.05) is 38.6 Å². The lowest BCUT2D eigenvalue weighted by molar-refractivity contribution is -0.0166. The fourth-order valence-electron chi connectivity index (χ4n) is 2.62. The molecule has 2 aromatic carbocycles. The number of halogens is 1. The van der Waals surface area contributed by atoms with Gasteiger partial charge in [-0.15, -0.1) is 0 Å². The van der Waals surface area contributed by atoms with E-state index in [-0.39, 0.29) is 12.1 Å². The molecule has 1 saturated heterocycles. The number of rotatable bonds is 5. The van der Waals surface area contributed by atoms with Gasteiger partial charge in [-0.05, 0) is 55.6 Å². The highest BCUT2D eigenvalue weighted by Gasteiger charge is 2.18. The van der Waals surface area contributed by atoms with Crippen LogP contribution in [0.15, 0.2) is 48.5 Å². The van der Waals surface area contributed by atoms with Gasteiger partial charge in [0.05, 0.1) is 12.7 Å². The molecule has 6 nitrogen and oxygen atoms in total. The van der Waals surface area contributed by atoms with Gasteiger partial charge in [0.15, 0.2) is 0 Å². The van der Waals surface area contributed by atoms with Crippen molar-refractivity contribution in [3.8, 4) is 11.5 Å². The number of carbonyl (C=O) groups excluding carboxylic acids is 1. The van der Waals surface area contributed by atoms with Gasteiger partial charge in [0.25, 0.3) is 0 Å². The Morgan fingerprint density at radius 2 is 1.85 bits per heavy atom. The number of morpholine rings is 1. The number of amides is 2. The van der Waals surface area contributed by atoms with Crippen LogP contribution < -0.4 is 15.4 Å². The van der Waals surface area contributed by atoms with Gasteiger partial charge in [0.1, 0.15) is 11.5 Å². The van der Waals surface area contributed by atoms with Crippen molar-refractivity contribution in [1.29, 1.82) is 0 Å². The molecule has 1 atom stereocenters. The minimum Gasteiger partial charge on any atom is -0.457 e. The molecule has 0 saturated carbocycles. The Morgan fingerprint density at radius 3 is 2.50 bits per heavy atom. The zero-order chi connectivity index (χ0) is 18.4. The van der Waals surface area contributed by atoms with Crippen molar-refractivity contribution in [2.45, 2.75) is 6.10 Å². The summed E-state index contributed by atoms with van der Waals surface area (Å²) in [7, 11) is 2.04. The van der Waals surface area contributed by atoms with Crippen LogP contribution in [-0.2, 0) is 4.74 Å². The molecule has 0 aliphatic carbocycles. The van der Waals surface area contributed by atoms with Crippen LogP contribution in [-0.4, -0.2) is 50.3 Å². The van der Waals surface area contributed by atoms with Crippen molar-refractivity contribution in [1.82, 2.24) is 10.2 Å². The molecule has 2 N–H and O–H groups in total. The Labute approximate surface area is 158 Å². The number of carbonyl (C=O) groups is 1. The van der Waals surface area contributed by atoms with Crippen molar-refractivity contribution >= 4 is 23.3 Å². The summed E-state index contributed by atoms with van der Waals surface area (Å²) in [5, 5.41) is 6.30. The first-order chi connectivity index (χ1) is 12.6. The molecule has 1 aliphatic rings. The molecule has 0 aromatic heterocycles. The normalized spacial score (nSPS) is 17.5. The average Bonchev–Trinajstić information content (AvgIpc) is 2.64. The third-order valence-corrected chi connectivity index (χ3v) is 4.25. The first kappa shape index (κ1) is 18.5. The van der Waals surface area contributed by atoms with E-state index >= 15 is 0 Å². The molecule has 1 heterocycles. The van der Waals surface area contributed by atoms with E-state index in [1.807, 2.05) is 7.05 Å². The summed E-state index contributed by atoms with van der Waals surface area (Å²) in [6.45, 7) is 2.91. The third-order valence-electron chi connectivity index (χ3n) is 3.99. The van der Waals surface area contributed by atoms with Crippen molar-refractivity contribution < 1.29 is 14.3 Å². The van der Waals surface area contributed by atoms with Crippen LogP contribution in [0.5, 0.6) is 11.5 Å². The van der Waals surface area contributed by atoms with Crippen LogP contribution in [0.2, 0.25) is 5.02 Å². The van der Waals surface area contributed by atoms with E-state index in [1.165, 1.54) is 0 Å². The number of urea groups is 1. The summed E-state index contributed by atoms with van der Waals surface area (Å²) in [4.78, 5) is 14.2. The van der Waals surface area contributed by atoms with Crippen LogP contribution >= 0.6 is 11.6 Å². The number of hydrogen-bond donors (Lipinski definition) is 2. The molecule has 0 spiro atoms. The Bertz CT molecular complexity index is 722. The highest BCUT2D eigenvalue weighted by atomic mass is 35.5. The standard InChI is InChI=1S/C19H22ClN3O3/c1-23-10-11-25-18(13-23)12-21-19(24)22-15-4-8-17(9-5-15)26-16-6-2-14(20)3-7-16/h2-9,18H,10-13H2,1H3,(H2,21,22,24). The first-order valence-corrected chi connectivity index (χ1v) is 8.85. The van der Waals surface area contributed by atoms with Crippen LogP contribution in [0.3, 0.4) is 0 Å². The predicted octanol–water partition coefficient (Wildman–Crippen LogP) is 3.58. The van der Waals surface area contributed by atoms with Crippen LogP contribution in [0.25, 0.3) is 0 Å². The molecule has 7 heteroatoms. The minimum absolute atomic E-state index is 0.0228. The average molecular weight is 376 g/mol. The van der Waals surface area contributed by atoms with Gasteiger partial charge < -0.3 is 25.0 Å². The number of nitrogens with one attached hydrogen (secondary N) is 2. The smallest absolute Gasteiger partial charge is 0.319 e. The van der Waals surface area contributed by atoms with Gasteiger partial charge in [-0.1, -0.05) is 11.6 Å². The highest BCUT2D eigenvalue weighted by molar-refractivity contribution is 6.30. The number of nitrogens with zero attached hydrogens (tertiary/aromatic N) is 1. The van der Waals surface area contributed by atoms with Gasteiger partial charge in [-0.25, -0.2) is 4.79 Å². The summed E-state index contributed by atoms with van der Waals surface area (Å²) < 4.78 is 11.3. The maximum absolute atomic E-state index is 12.0. The fourth-order valence-corrected chi connectivity index (χ4v) is 2.74. The second-order valence-corrected chi connectivity index (χ2v) is 6.61. The van der Waals surface area contributed by atoms with Crippen LogP contribution in [0, 0.1) is 0 Å².